The van der Waals surface area contributed by atoms with Gasteiger partial charge in [-0.15, -0.1) is 0 Å². The zero-order valence-corrected chi connectivity index (χ0v) is 20.3. The van der Waals surface area contributed by atoms with Gasteiger partial charge < -0.3 is 10.1 Å². The molecular formula is C30H28N2O3. The highest BCUT2D eigenvalue weighted by Crippen LogP contribution is 2.30. The van der Waals surface area contributed by atoms with Gasteiger partial charge in [-0.05, 0) is 68.1 Å². The second-order valence-corrected chi connectivity index (χ2v) is 9.36. The van der Waals surface area contributed by atoms with Crippen molar-refractivity contribution in [1.29, 1.82) is 0 Å². The van der Waals surface area contributed by atoms with Gasteiger partial charge in [0.25, 0.3) is 5.91 Å². The molecule has 1 amide bonds. The van der Waals surface area contributed by atoms with E-state index in [0.29, 0.717) is 11.3 Å². The Morgan fingerprint density at radius 2 is 1.51 bits per heavy atom. The number of hydrogen-bond donors (Lipinski definition) is 1. The number of carbonyl (C=O) groups excluding carboxylic acids is 2. The Morgan fingerprint density at radius 1 is 0.800 bits per heavy atom. The maximum absolute atomic E-state index is 13.3. The summed E-state index contributed by atoms with van der Waals surface area (Å²) in [5.41, 5.74) is 5.20. The number of ether oxygens (including phenoxy) is 1. The van der Waals surface area contributed by atoms with E-state index >= 15 is 0 Å². The Balaban J connectivity index is 1.71. The number of benzene rings is 3. The first kappa shape index (κ1) is 23.9. The molecule has 0 radical (unpaired) electrons. The highest BCUT2D eigenvalue weighted by Gasteiger charge is 2.22. The van der Waals surface area contributed by atoms with Crippen LogP contribution in [-0.4, -0.2) is 22.5 Å². The topological polar surface area (TPSA) is 68.3 Å². The highest BCUT2D eigenvalue weighted by atomic mass is 16.6. The molecule has 0 aliphatic rings. The minimum atomic E-state index is -0.666. The largest absolute Gasteiger partial charge is 0.456 e. The summed E-state index contributed by atoms with van der Waals surface area (Å²) in [4.78, 5) is 30.5. The summed E-state index contributed by atoms with van der Waals surface area (Å²) in [5, 5.41) is 2.92. The van der Waals surface area contributed by atoms with E-state index in [0.717, 1.165) is 27.8 Å². The quantitative estimate of drug-likeness (QED) is 0.325. The van der Waals surface area contributed by atoms with Crippen LogP contribution < -0.4 is 5.32 Å². The zero-order chi connectivity index (χ0) is 25.0. The van der Waals surface area contributed by atoms with Crippen molar-refractivity contribution in [3.8, 4) is 22.3 Å². The molecule has 5 nitrogen and oxygen atoms in total. The Labute approximate surface area is 205 Å². The third-order valence-electron chi connectivity index (χ3n) is 5.45. The van der Waals surface area contributed by atoms with Crippen molar-refractivity contribution in [2.45, 2.75) is 33.3 Å². The maximum atomic E-state index is 13.3. The van der Waals surface area contributed by atoms with Gasteiger partial charge >= 0.3 is 5.97 Å². The van der Waals surface area contributed by atoms with E-state index in [-0.39, 0.29) is 11.5 Å². The lowest BCUT2D eigenvalue weighted by Crippen LogP contribution is -2.25. The average molecular weight is 465 g/mol. The molecule has 0 unspecified atom stereocenters. The molecule has 176 valence electrons. The van der Waals surface area contributed by atoms with Crippen LogP contribution in [0.15, 0.2) is 91.3 Å². The van der Waals surface area contributed by atoms with Crippen molar-refractivity contribution >= 4 is 17.6 Å². The van der Waals surface area contributed by atoms with E-state index in [1.54, 1.807) is 18.3 Å². The normalized spacial score (nSPS) is 11.1. The fourth-order valence-electron chi connectivity index (χ4n) is 3.77. The van der Waals surface area contributed by atoms with Crippen LogP contribution in [-0.2, 0) is 4.74 Å². The van der Waals surface area contributed by atoms with Crippen molar-refractivity contribution in [3.05, 3.63) is 108 Å². The fraction of sp³-hybridized carbons (Fsp3) is 0.167. The lowest BCUT2D eigenvalue weighted by atomic mass is 9.98. The predicted octanol–water partition coefficient (Wildman–Crippen LogP) is 6.93. The third-order valence-corrected chi connectivity index (χ3v) is 5.45. The Kier molecular flexibility index (Phi) is 6.78. The van der Waals surface area contributed by atoms with E-state index in [1.165, 1.54) is 6.20 Å². The van der Waals surface area contributed by atoms with E-state index in [1.807, 2.05) is 94.4 Å². The molecule has 1 heterocycles. The van der Waals surface area contributed by atoms with Crippen LogP contribution in [0.25, 0.3) is 22.3 Å². The summed E-state index contributed by atoms with van der Waals surface area (Å²) in [6.45, 7) is 7.46. The first-order chi connectivity index (χ1) is 16.7. The van der Waals surface area contributed by atoms with Gasteiger partial charge in [0.2, 0.25) is 0 Å². The summed E-state index contributed by atoms with van der Waals surface area (Å²) in [7, 11) is 0. The Morgan fingerprint density at radius 3 is 2.23 bits per heavy atom. The summed E-state index contributed by atoms with van der Waals surface area (Å²) in [6.07, 6.45) is 3.23. The molecule has 35 heavy (non-hydrogen) atoms. The van der Waals surface area contributed by atoms with Gasteiger partial charge in [0.1, 0.15) is 5.60 Å². The number of carbonyl (C=O) groups is 2. The summed E-state index contributed by atoms with van der Waals surface area (Å²) in [5.74, 6) is -0.859. The SMILES string of the molecule is Cc1ccccc1-c1ccc(C(=O)OC(C)(C)C)c(NC(=O)c2cncc(-c3ccccc3)c2)c1. The number of amides is 1. The number of rotatable bonds is 5. The second-order valence-electron chi connectivity index (χ2n) is 9.36. The smallest absolute Gasteiger partial charge is 0.340 e. The van der Waals surface area contributed by atoms with Crippen LogP contribution in [0.3, 0.4) is 0 Å². The van der Waals surface area contributed by atoms with Gasteiger partial charge in [-0.1, -0.05) is 60.7 Å². The number of aryl methyl sites for hydroxylation is 1. The predicted molar refractivity (Wildman–Crippen MR) is 139 cm³/mol. The van der Waals surface area contributed by atoms with E-state index in [2.05, 4.69) is 10.3 Å². The van der Waals surface area contributed by atoms with E-state index in [4.69, 9.17) is 4.74 Å². The van der Waals surface area contributed by atoms with Gasteiger partial charge in [-0.2, -0.15) is 0 Å². The molecule has 4 aromatic rings. The van der Waals surface area contributed by atoms with Gasteiger partial charge in [-0.25, -0.2) is 4.79 Å². The van der Waals surface area contributed by atoms with Crippen LogP contribution in [0.4, 0.5) is 5.69 Å². The number of nitrogens with zero attached hydrogens (tertiary/aromatic N) is 1. The standard InChI is InChI=1S/C30H28N2O3/c1-20-10-8-9-13-25(20)22-14-15-26(29(34)35-30(2,3)4)27(17-22)32-28(33)24-16-23(18-31-19-24)21-11-6-5-7-12-21/h5-19H,1-4H3,(H,32,33). The van der Waals surface area contributed by atoms with Gasteiger partial charge in [0.05, 0.1) is 16.8 Å². The number of nitrogens with one attached hydrogen (secondary N) is 1. The molecule has 0 aliphatic carbocycles. The molecule has 4 rings (SSSR count). The minimum Gasteiger partial charge on any atom is -0.456 e. The van der Waals surface area contributed by atoms with Crippen molar-refractivity contribution in [3.63, 3.8) is 0 Å². The third kappa shape index (κ3) is 5.82. The van der Waals surface area contributed by atoms with Crippen molar-refractivity contribution in [2.75, 3.05) is 5.32 Å². The van der Waals surface area contributed by atoms with Crippen LogP contribution in [0.2, 0.25) is 0 Å². The number of pyridine rings is 1. The van der Waals surface area contributed by atoms with Crippen molar-refractivity contribution in [2.24, 2.45) is 0 Å². The first-order valence-electron chi connectivity index (χ1n) is 11.5. The molecule has 0 aliphatic heterocycles. The fourth-order valence-corrected chi connectivity index (χ4v) is 3.77. The van der Waals surface area contributed by atoms with E-state index in [9.17, 15) is 9.59 Å². The molecule has 0 spiro atoms. The lowest BCUT2D eigenvalue weighted by molar-refractivity contribution is 0.00708. The van der Waals surface area contributed by atoms with Gasteiger partial charge in [0, 0.05) is 18.0 Å². The molecule has 3 aromatic carbocycles. The molecule has 0 bridgehead atoms. The molecule has 1 N–H and O–H groups in total. The molecular weight excluding hydrogens is 436 g/mol. The maximum Gasteiger partial charge on any atom is 0.340 e. The number of esters is 1. The van der Waals surface area contributed by atoms with Crippen LogP contribution >= 0.6 is 0 Å². The number of anilines is 1. The molecule has 5 heteroatoms. The molecule has 0 atom stereocenters. The minimum absolute atomic E-state index is 0.290. The molecule has 0 fully saturated rings. The number of aromatic nitrogens is 1. The second kappa shape index (κ2) is 9.94. The summed E-state index contributed by atoms with van der Waals surface area (Å²) < 4.78 is 5.60. The average Bonchev–Trinajstić information content (AvgIpc) is 2.84. The summed E-state index contributed by atoms with van der Waals surface area (Å²) >= 11 is 0. The molecule has 0 saturated heterocycles. The number of hydrogen-bond acceptors (Lipinski definition) is 4. The monoisotopic (exact) mass is 464 g/mol. The summed E-state index contributed by atoms with van der Waals surface area (Å²) in [6, 6.07) is 24.9. The lowest BCUT2D eigenvalue weighted by Gasteiger charge is -2.21. The van der Waals surface area contributed by atoms with Crippen molar-refractivity contribution in [1.82, 2.24) is 4.98 Å². The molecule has 1 aromatic heterocycles. The zero-order valence-electron chi connectivity index (χ0n) is 20.3. The Hall–Kier alpha value is -4.25. The Bertz CT molecular complexity index is 1370. The van der Waals surface area contributed by atoms with Gasteiger partial charge in [-0.3, -0.25) is 9.78 Å². The van der Waals surface area contributed by atoms with Crippen LogP contribution in [0.1, 0.15) is 47.1 Å². The van der Waals surface area contributed by atoms with E-state index < -0.39 is 11.6 Å². The van der Waals surface area contributed by atoms with Crippen molar-refractivity contribution < 1.29 is 14.3 Å². The van der Waals surface area contributed by atoms with Crippen LogP contribution in [0.5, 0.6) is 0 Å². The van der Waals surface area contributed by atoms with Crippen LogP contribution in [0, 0.1) is 6.92 Å². The highest BCUT2D eigenvalue weighted by molar-refractivity contribution is 6.09. The molecule has 0 saturated carbocycles. The first-order valence-corrected chi connectivity index (χ1v) is 11.5. The van der Waals surface area contributed by atoms with Gasteiger partial charge in [0.15, 0.2) is 0 Å².